The van der Waals surface area contributed by atoms with Crippen molar-refractivity contribution in [1.29, 1.82) is 0 Å². The summed E-state index contributed by atoms with van der Waals surface area (Å²) in [5.41, 5.74) is 1.36. The summed E-state index contributed by atoms with van der Waals surface area (Å²) >= 11 is 0. The molecule has 22 heavy (non-hydrogen) atoms. The predicted octanol–water partition coefficient (Wildman–Crippen LogP) is 3.22. The van der Waals surface area contributed by atoms with Crippen molar-refractivity contribution in [2.45, 2.75) is 56.8 Å². The van der Waals surface area contributed by atoms with Crippen LogP contribution in [0.5, 0.6) is 0 Å². The Balaban J connectivity index is 1.22. The molecule has 1 aliphatic carbocycles. The third-order valence-corrected chi connectivity index (χ3v) is 5.72. The third-order valence-electron chi connectivity index (χ3n) is 5.72. The Morgan fingerprint density at radius 3 is 2.82 bits per heavy atom. The van der Waals surface area contributed by atoms with Crippen LogP contribution in [0.15, 0.2) is 23.0 Å². The highest BCUT2D eigenvalue weighted by molar-refractivity contribution is 5.05. The highest BCUT2D eigenvalue weighted by atomic mass is 16.6. The van der Waals surface area contributed by atoms with Gasteiger partial charge in [-0.05, 0) is 37.7 Å². The number of nitrogens with zero attached hydrogens (tertiary/aromatic N) is 1. The molecule has 0 amide bonds. The van der Waals surface area contributed by atoms with Gasteiger partial charge in [-0.2, -0.15) is 0 Å². The number of rotatable bonds is 5. The van der Waals surface area contributed by atoms with Gasteiger partial charge in [0, 0.05) is 38.2 Å². The van der Waals surface area contributed by atoms with Crippen LogP contribution in [0.1, 0.15) is 44.1 Å². The normalized spacial score (nSPS) is 29.0. The largest absolute Gasteiger partial charge is 0.472 e. The Morgan fingerprint density at radius 1 is 1.27 bits per heavy atom. The van der Waals surface area contributed by atoms with Crippen molar-refractivity contribution in [3.05, 3.63) is 24.2 Å². The first-order valence-corrected chi connectivity index (χ1v) is 8.80. The molecule has 0 radical (unpaired) electrons. The third kappa shape index (κ3) is 3.24. The minimum atomic E-state index is 0.0944. The molecule has 3 aliphatic rings. The topological polar surface area (TPSA) is 34.8 Å². The van der Waals surface area contributed by atoms with Gasteiger partial charge in [0.25, 0.3) is 0 Å². The van der Waals surface area contributed by atoms with Crippen molar-refractivity contribution >= 4 is 0 Å². The minimum Gasteiger partial charge on any atom is -0.472 e. The molecule has 0 N–H and O–H groups in total. The molecule has 0 bridgehead atoms. The van der Waals surface area contributed by atoms with Crippen LogP contribution in [-0.4, -0.2) is 42.9 Å². The summed E-state index contributed by atoms with van der Waals surface area (Å²) in [4.78, 5) is 2.50. The van der Waals surface area contributed by atoms with E-state index in [1.54, 1.807) is 6.26 Å². The lowest BCUT2D eigenvalue weighted by Gasteiger charge is -2.38. The molecule has 2 saturated heterocycles. The second kappa shape index (κ2) is 6.34. The zero-order chi connectivity index (χ0) is 14.8. The van der Waals surface area contributed by atoms with E-state index in [-0.39, 0.29) is 5.60 Å². The SMILES string of the molecule is c1cc(CN2CCC3(CC2)C[C@H](OCC2CCC2)CO3)co1. The fourth-order valence-corrected chi connectivity index (χ4v) is 3.95. The maximum absolute atomic E-state index is 6.19. The lowest BCUT2D eigenvalue weighted by molar-refractivity contribution is -0.0474. The number of likely N-dealkylation sites (tertiary alicyclic amines) is 1. The fourth-order valence-electron chi connectivity index (χ4n) is 3.95. The van der Waals surface area contributed by atoms with Gasteiger partial charge >= 0.3 is 0 Å². The number of hydrogen-bond donors (Lipinski definition) is 0. The molecule has 0 aromatic carbocycles. The van der Waals surface area contributed by atoms with Crippen molar-refractivity contribution < 1.29 is 13.9 Å². The van der Waals surface area contributed by atoms with E-state index in [1.807, 2.05) is 6.26 Å². The number of ether oxygens (including phenoxy) is 2. The molecule has 3 heterocycles. The standard InChI is InChI=1S/C18H27NO3/c1-2-15(3-1)13-21-17-10-18(22-14-17)5-7-19(8-6-18)11-16-4-9-20-12-16/h4,9,12,15,17H,1-3,5-8,10-11,13-14H2/t17-/m0/s1. The van der Waals surface area contributed by atoms with Crippen LogP contribution in [0.2, 0.25) is 0 Å². The fraction of sp³-hybridized carbons (Fsp3) is 0.778. The Hall–Kier alpha value is -0.840. The van der Waals surface area contributed by atoms with Crippen molar-refractivity contribution in [1.82, 2.24) is 4.90 Å². The van der Waals surface area contributed by atoms with Gasteiger partial charge in [-0.1, -0.05) is 6.42 Å². The van der Waals surface area contributed by atoms with E-state index in [0.29, 0.717) is 6.10 Å². The van der Waals surface area contributed by atoms with Gasteiger partial charge in [0.2, 0.25) is 0 Å². The van der Waals surface area contributed by atoms with E-state index in [9.17, 15) is 0 Å². The molecule has 3 fully saturated rings. The van der Waals surface area contributed by atoms with Crippen LogP contribution in [0.4, 0.5) is 0 Å². The molecule has 1 atom stereocenters. The van der Waals surface area contributed by atoms with Crippen molar-refractivity contribution in [3.8, 4) is 0 Å². The maximum atomic E-state index is 6.19. The van der Waals surface area contributed by atoms with Crippen LogP contribution in [0, 0.1) is 5.92 Å². The van der Waals surface area contributed by atoms with Crippen LogP contribution >= 0.6 is 0 Å². The maximum Gasteiger partial charge on any atom is 0.0947 e. The summed E-state index contributed by atoms with van der Waals surface area (Å²) < 4.78 is 17.4. The number of furan rings is 1. The summed E-state index contributed by atoms with van der Waals surface area (Å²) in [7, 11) is 0. The molecular weight excluding hydrogens is 278 g/mol. The first kappa shape index (κ1) is 14.7. The van der Waals surface area contributed by atoms with Gasteiger partial charge in [-0.25, -0.2) is 0 Å². The second-order valence-electron chi connectivity index (χ2n) is 7.36. The van der Waals surface area contributed by atoms with Gasteiger partial charge in [-0.15, -0.1) is 0 Å². The Kier molecular flexibility index (Phi) is 4.25. The molecule has 1 spiro atoms. The summed E-state index contributed by atoms with van der Waals surface area (Å²) in [5.74, 6) is 0.827. The molecule has 122 valence electrons. The van der Waals surface area contributed by atoms with E-state index < -0.39 is 0 Å². The molecular formula is C18H27NO3. The van der Waals surface area contributed by atoms with Gasteiger partial charge in [0.1, 0.15) is 0 Å². The molecule has 4 heteroatoms. The van der Waals surface area contributed by atoms with Crippen LogP contribution in [-0.2, 0) is 16.0 Å². The molecule has 1 aromatic heterocycles. The highest BCUT2D eigenvalue weighted by Crippen LogP contribution is 2.38. The average Bonchev–Trinajstić information content (AvgIpc) is 3.11. The molecule has 4 nitrogen and oxygen atoms in total. The van der Waals surface area contributed by atoms with Crippen molar-refractivity contribution in [3.63, 3.8) is 0 Å². The number of hydrogen-bond acceptors (Lipinski definition) is 4. The van der Waals surface area contributed by atoms with Gasteiger partial charge in [0.15, 0.2) is 0 Å². The highest BCUT2D eigenvalue weighted by Gasteiger charge is 2.43. The monoisotopic (exact) mass is 305 g/mol. The average molecular weight is 305 g/mol. The molecule has 1 saturated carbocycles. The second-order valence-corrected chi connectivity index (χ2v) is 7.36. The quantitative estimate of drug-likeness (QED) is 0.836. The Labute approximate surface area is 132 Å². The van der Waals surface area contributed by atoms with E-state index >= 15 is 0 Å². The Morgan fingerprint density at radius 2 is 2.14 bits per heavy atom. The van der Waals surface area contributed by atoms with Crippen molar-refractivity contribution in [2.75, 3.05) is 26.3 Å². The Bertz CT molecular complexity index is 461. The van der Waals surface area contributed by atoms with Crippen LogP contribution < -0.4 is 0 Å². The number of piperidine rings is 1. The zero-order valence-electron chi connectivity index (χ0n) is 13.3. The lowest BCUT2D eigenvalue weighted by atomic mass is 9.86. The zero-order valence-corrected chi connectivity index (χ0v) is 13.3. The smallest absolute Gasteiger partial charge is 0.0947 e. The molecule has 2 aliphatic heterocycles. The van der Waals surface area contributed by atoms with Gasteiger partial charge < -0.3 is 13.9 Å². The lowest BCUT2D eigenvalue weighted by Crippen LogP contribution is -2.43. The summed E-state index contributed by atoms with van der Waals surface area (Å²) in [6, 6.07) is 2.06. The van der Waals surface area contributed by atoms with E-state index in [2.05, 4.69) is 11.0 Å². The minimum absolute atomic E-state index is 0.0944. The van der Waals surface area contributed by atoms with Gasteiger partial charge in [0.05, 0.1) is 30.8 Å². The van der Waals surface area contributed by atoms with Gasteiger partial charge in [-0.3, -0.25) is 4.90 Å². The predicted molar refractivity (Wildman–Crippen MR) is 83.6 cm³/mol. The van der Waals surface area contributed by atoms with Crippen molar-refractivity contribution in [2.24, 2.45) is 5.92 Å². The molecule has 0 unspecified atom stereocenters. The van der Waals surface area contributed by atoms with E-state index in [4.69, 9.17) is 13.9 Å². The van der Waals surface area contributed by atoms with E-state index in [1.165, 1.54) is 24.8 Å². The van der Waals surface area contributed by atoms with E-state index in [0.717, 1.165) is 58.0 Å². The summed E-state index contributed by atoms with van der Waals surface area (Å²) in [5, 5.41) is 0. The molecule has 4 rings (SSSR count). The van der Waals surface area contributed by atoms with Crippen LogP contribution in [0.3, 0.4) is 0 Å². The first-order valence-electron chi connectivity index (χ1n) is 8.80. The summed E-state index contributed by atoms with van der Waals surface area (Å²) in [6.07, 6.45) is 11.4. The molecule has 1 aromatic rings. The first-order chi connectivity index (χ1) is 10.8. The van der Waals surface area contributed by atoms with Crippen LogP contribution in [0.25, 0.3) is 0 Å². The summed E-state index contributed by atoms with van der Waals surface area (Å²) in [6.45, 7) is 4.97.